The molecule has 5 aromatic carbocycles. The van der Waals surface area contributed by atoms with Gasteiger partial charge in [-0.1, -0.05) is 77.9 Å². The monoisotopic (exact) mass is 383 g/mol. The van der Waals surface area contributed by atoms with Crippen molar-refractivity contribution in [3.63, 3.8) is 0 Å². The molecule has 30 heavy (non-hydrogen) atoms. The van der Waals surface area contributed by atoms with E-state index in [0.29, 0.717) is 0 Å². The Labute approximate surface area is 175 Å². The average molecular weight is 383 g/mol. The molecule has 0 saturated carbocycles. The summed E-state index contributed by atoms with van der Waals surface area (Å²) in [7, 11) is 0. The van der Waals surface area contributed by atoms with Gasteiger partial charge >= 0.3 is 0 Å². The summed E-state index contributed by atoms with van der Waals surface area (Å²) in [4.78, 5) is 4.77. The molecule has 0 aliphatic heterocycles. The number of benzene rings is 5. The molecule has 0 unspecified atom stereocenters. The third-order valence-electron chi connectivity index (χ3n) is 6.16. The van der Waals surface area contributed by atoms with Crippen LogP contribution in [0.4, 0.5) is 0 Å². The van der Waals surface area contributed by atoms with E-state index in [0.717, 1.165) is 5.69 Å². The van der Waals surface area contributed by atoms with Gasteiger partial charge in [0.15, 0.2) is 0 Å². The number of nitrogens with zero attached hydrogens (tertiary/aromatic N) is 1. The van der Waals surface area contributed by atoms with E-state index in [2.05, 4.69) is 98.8 Å². The summed E-state index contributed by atoms with van der Waals surface area (Å²) in [6.45, 7) is 4.29. The molecule has 0 atom stereocenters. The van der Waals surface area contributed by atoms with Gasteiger partial charge in [0.1, 0.15) is 0 Å². The number of aromatic nitrogens is 1. The maximum atomic E-state index is 4.77. The molecule has 1 aromatic heterocycles. The Hall–Kier alpha value is -3.71. The summed E-state index contributed by atoms with van der Waals surface area (Å²) in [5.74, 6) is 0. The van der Waals surface area contributed by atoms with Crippen molar-refractivity contribution in [3.05, 3.63) is 102 Å². The number of fused-ring (bicyclic) bond motifs is 7. The molecule has 6 rings (SSSR count). The summed E-state index contributed by atoms with van der Waals surface area (Å²) < 4.78 is 0. The van der Waals surface area contributed by atoms with Gasteiger partial charge in [0.25, 0.3) is 0 Å². The second kappa shape index (κ2) is 6.40. The van der Waals surface area contributed by atoms with E-state index in [9.17, 15) is 0 Å². The highest BCUT2D eigenvalue weighted by Gasteiger charge is 2.11. The quantitative estimate of drug-likeness (QED) is 0.262. The minimum absolute atomic E-state index is 1.06. The first-order valence-electron chi connectivity index (χ1n) is 10.4. The Kier molecular flexibility index (Phi) is 3.66. The van der Waals surface area contributed by atoms with Gasteiger partial charge in [0, 0.05) is 17.1 Å². The van der Waals surface area contributed by atoms with Crippen molar-refractivity contribution in [2.45, 2.75) is 13.8 Å². The Morgan fingerprint density at radius 1 is 0.500 bits per heavy atom. The zero-order chi connectivity index (χ0) is 20.2. The number of pyridine rings is 1. The van der Waals surface area contributed by atoms with Gasteiger partial charge in [-0.05, 0) is 69.8 Å². The van der Waals surface area contributed by atoms with Gasteiger partial charge in [0.05, 0.1) is 5.69 Å². The van der Waals surface area contributed by atoms with E-state index in [4.69, 9.17) is 4.98 Å². The van der Waals surface area contributed by atoms with Crippen molar-refractivity contribution in [1.82, 2.24) is 4.98 Å². The summed E-state index contributed by atoms with van der Waals surface area (Å²) in [6, 6.07) is 31.0. The van der Waals surface area contributed by atoms with E-state index in [-0.39, 0.29) is 0 Å². The normalized spacial score (nSPS) is 11.7. The number of hydrogen-bond donors (Lipinski definition) is 0. The van der Waals surface area contributed by atoms with Crippen molar-refractivity contribution < 1.29 is 0 Å². The van der Waals surface area contributed by atoms with Crippen LogP contribution in [0.5, 0.6) is 0 Å². The van der Waals surface area contributed by atoms with Crippen LogP contribution in [0.15, 0.2) is 91.1 Å². The highest BCUT2D eigenvalue weighted by molar-refractivity contribution is 6.23. The van der Waals surface area contributed by atoms with Crippen molar-refractivity contribution in [2.24, 2.45) is 0 Å². The summed E-state index contributed by atoms with van der Waals surface area (Å²) in [6.07, 6.45) is 1.94. The van der Waals surface area contributed by atoms with Gasteiger partial charge in [-0.25, -0.2) is 0 Å². The number of hydrogen-bond acceptors (Lipinski definition) is 1. The van der Waals surface area contributed by atoms with E-state index < -0.39 is 0 Å². The van der Waals surface area contributed by atoms with Gasteiger partial charge in [-0.2, -0.15) is 0 Å². The molecule has 0 radical (unpaired) electrons. The molecule has 142 valence electrons. The fourth-order valence-electron chi connectivity index (χ4n) is 4.91. The standard InChI is InChI=1S/C29H21N/c1-18-15-19(2)17-21(16-18)29-28-12-11-25-24-8-7-20-5-3-4-6-22(20)23(24)9-10-26(25)27(28)13-14-30-29/h3-17H,1-2H3. The molecular weight excluding hydrogens is 362 g/mol. The van der Waals surface area contributed by atoms with Crippen LogP contribution < -0.4 is 0 Å². The van der Waals surface area contributed by atoms with Crippen molar-refractivity contribution in [2.75, 3.05) is 0 Å². The Balaban J connectivity index is 1.70. The van der Waals surface area contributed by atoms with Crippen molar-refractivity contribution >= 4 is 43.1 Å². The van der Waals surface area contributed by atoms with Crippen molar-refractivity contribution in [1.29, 1.82) is 0 Å². The molecule has 0 N–H and O–H groups in total. The molecule has 0 bridgehead atoms. The third-order valence-corrected chi connectivity index (χ3v) is 6.16. The fourth-order valence-corrected chi connectivity index (χ4v) is 4.91. The largest absolute Gasteiger partial charge is 0.256 e. The molecule has 1 heteroatoms. The molecule has 0 fully saturated rings. The van der Waals surface area contributed by atoms with E-state index in [1.54, 1.807) is 0 Å². The van der Waals surface area contributed by atoms with Crippen LogP contribution >= 0.6 is 0 Å². The fraction of sp³-hybridized carbons (Fsp3) is 0.0690. The first kappa shape index (κ1) is 17.2. The predicted octanol–water partition coefficient (Wildman–Crippen LogP) is 7.98. The Morgan fingerprint density at radius 3 is 1.80 bits per heavy atom. The van der Waals surface area contributed by atoms with Crippen LogP contribution in [0.25, 0.3) is 54.3 Å². The van der Waals surface area contributed by atoms with Crippen LogP contribution in [-0.4, -0.2) is 4.98 Å². The zero-order valence-corrected chi connectivity index (χ0v) is 17.1. The second-order valence-corrected chi connectivity index (χ2v) is 8.24. The summed E-state index contributed by atoms with van der Waals surface area (Å²) in [5.41, 5.74) is 4.77. The van der Waals surface area contributed by atoms with Crippen molar-refractivity contribution in [3.8, 4) is 11.3 Å². The molecule has 1 nitrogen and oxygen atoms in total. The smallest absolute Gasteiger partial charge is 0.0780 e. The lowest BCUT2D eigenvalue weighted by atomic mass is 9.93. The number of rotatable bonds is 1. The Bertz CT molecular complexity index is 1590. The van der Waals surface area contributed by atoms with Gasteiger partial charge < -0.3 is 0 Å². The van der Waals surface area contributed by atoms with Gasteiger partial charge in [0.2, 0.25) is 0 Å². The van der Waals surface area contributed by atoms with Gasteiger partial charge in [-0.3, -0.25) is 4.98 Å². The van der Waals surface area contributed by atoms with Crippen LogP contribution in [0, 0.1) is 13.8 Å². The minimum atomic E-state index is 1.06. The van der Waals surface area contributed by atoms with E-state index in [1.165, 1.54) is 59.8 Å². The lowest BCUT2D eigenvalue weighted by Crippen LogP contribution is -1.90. The number of aryl methyl sites for hydroxylation is 2. The summed E-state index contributed by atoms with van der Waals surface area (Å²) >= 11 is 0. The SMILES string of the molecule is Cc1cc(C)cc(-c2nccc3c2ccc2c3ccc3c4ccccc4ccc32)c1. The van der Waals surface area contributed by atoms with E-state index >= 15 is 0 Å². The topological polar surface area (TPSA) is 12.9 Å². The van der Waals surface area contributed by atoms with Crippen LogP contribution in [-0.2, 0) is 0 Å². The van der Waals surface area contributed by atoms with Crippen LogP contribution in [0.1, 0.15) is 11.1 Å². The molecule has 1 heterocycles. The van der Waals surface area contributed by atoms with E-state index in [1.807, 2.05) is 6.20 Å². The van der Waals surface area contributed by atoms with Crippen LogP contribution in [0.3, 0.4) is 0 Å². The molecule has 0 aliphatic rings. The molecular formula is C29H21N. The first-order valence-corrected chi connectivity index (χ1v) is 10.4. The third kappa shape index (κ3) is 2.52. The molecule has 0 saturated heterocycles. The van der Waals surface area contributed by atoms with Crippen LogP contribution in [0.2, 0.25) is 0 Å². The maximum absolute atomic E-state index is 4.77. The lowest BCUT2D eigenvalue weighted by Gasteiger charge is -2.12. The molecule has 0 aliphatic carbocycles. The molecule has 0 spiro atoms. The maximum Gasteiger partial charge on any atom is 0.0780 e. The Morgan fingerprint density at radius 2 is 1.07 bits per heavy atom. The summed E-state index contributed by atoms with van der Waals surface area (Å²) in [5, 5.41) is 10.2. The lowest BCUT2D eigenvalue weighted by molar-refractivity contribution is 1.33. The van der Waals surface area contributed by atoms with Gasteiger partial charge in [-0.15, -0.1) is 0 Å². The predicted molar refractivity (Wildman–Crippen MR) is 129 cm³/mol. The first-order chi connectivity index (χ1) is 14.7. The molecule has 6 aromatic rings. The zero-order valence-electron chi connectivity index (χ0n) is 17.1. The second-order valence-electron chi connectivity index (χ2n) is 8.24. The minimum Gasteiger partial charge on any atom is -0.256 e. The average Bonchev–Trinajstić information content (AvgIpc) is 2.77. The molecule has 0 amide bonds. The highest BCUT2D eigenvalue weighted by atomic mass is 14.7. The highest BCUT2D eigenvalue weighted by Crippen LogP contribution is 2.37.